The van der Waals surface area contributed by atoms with Gasteiger partial charge in [-0.15, -0.1) is 10.2 Å². The molecule has 2 N–H and O–H groups in total. The monoisotopic (exact) mass is 457 g/mol. The summed E-state index contributed by atoms with van der Waals surface area (Å²) in [6.07, 6.45) is 7.33. The predicted octanol–water partition coefficient (Wildman–Crippen LogP) is 4.28. The lowest BCUT2D eigenvalue weighted by atomic mass is 9.78. The zero-order chi connectivity index (χ0) is 22.7. The summed E-state index contributed by atoms with van der Waals surface area (Å²) in [6.45, 7) is 7.45. The minimum atomic E-state index is 0.189. The molecule has 1 amide bonds. The highest BCUT2D eigenvalue weighted by molar-refractivity contribution is 7.99. The van der Waals surface area contributed by atoms with E-state index in [1.165, 1.54) is 42.1 Å². The first-order valence-corrected chi connectivity index (χ1v) is 12.8. The molecule has 1 saturated heterocycles. The number of nitrogen functional groups attached to an aromatic ring is 1. The van der Waals surface area contributed by atoms with E-state index < -0.39 is 0 Å². The van der Waals surface area contributed by atoms with Gasteiger partial charge in [-0.25, -0.2) is 4.68 Å². The highest BCUT2D eigenvalue weighted by Gasteiger charge is 2.35. The number of ether oxygens (including phenoxy) is 1. The summed E-state index contributed by atoms with van der Waals surface area (Å²) in [6, 6.07) is 6.66. The van der Waals surface area contributed by atoms with Gasteiger partial charge in [0.15, 0.2) is 5.82 Å². The number of aryl methyl sites for hydroxylation is 1. The molecule has 1 saturated carbocycles. The second kappa shape index (κ2) is 10.1. The van der Waals surface area contributed by atoms with E-state index in [0.29, 0.717) is 34.6 Å². The first-order chi connectivity index (χ1) is 15.4. The Hall–Kier alpha value is -2.22. The molecule has 4 rings (SSSR count). The molecule has 8 heteroatoms. The Bertz CT molecular complexity index is 942. The number of hydrogen-bond acceptors (Lipinski definition) is 6. The standard InChI is InChI=1S/C24H35N5O2S/c1-16(2)19-11-10-17(3)13-21(19)31-14-22-26-27-24(29(22)25)32-15-23(30)28-12-6-8-18-7-4-5-9-20(18)28/h10-11,13,16,18,20H,4-9,12,14-15,25H2,1-3H3. The second-order valence-electron chi connectivity index (χ2n) is 9.38. The average Bonchev–Trinajstić information content (AvgIpc) is 3.14. The van der Waals surface area contributed by atoms with Crippen molar-refractivity contribution in [2.24, 2.45) is 5.92 Å². The van der Waals surface area contributed by atoms with E-state index in [0.717, 1.165) is 36.3 Å². The van der Waals surface area contributed by atoms with Crippen LogP contribution in [0.15, 0.2) is 23.4 Å². The number of thioether (sulfide) groups is 1. The van der Waals surface area contributed by atoms with Crippen LogP contribution in [0.3, 0.4) is 0 Å². The SMILES string of the molecule is Cc1ccc(C(C)C)c(OCc2nnc(SCC(=O)N3CCCC4CCCCC43)n2N)c1. The Morgan fingerprint density at radius 1 is 1.22 bits per heavy atom. The van der Waals surface area contributed by atoms with Crippen molar-refractivity contribution in [2.45, 2.75) is 83.0 Å². The van der Waals surface area contributed by atoms with Gasteiger partial charge in [0.05, 0.1) is 5.75 Å². The molecular weight excluding hydrogens is 422 g/mol. The minimum Gasteiger partial charge on any atom is -0.485 e. The maximum Gasteiger partial charge on any atom is 0.233 e. The number of likely N-dealkylation sites (tertiary alicyclic amines) is 1. The first kappa shape index (κ1) is 23.0. The van der Waals surface area contributed by atoms with Gasteiger partial charge in [-0.1, -0.05) is 50.6 Å². The number of carbonyl (C=O) groups is 1. The lowest BCUT2D eigenvalue weighted by Crippen LogP contribution is -2.50. The zero-order valence-corrected chi connectivity index (χ0v) is 20.2. The van der Waals surface area contributed by atoms with Crippen LogP contribution in [0.5, 0.6) is 5.75 Å². The van der Waals surface area contributed by atoms with Gasteiger partial charge in [-0.3, -0.25) is 4.79 Å². The number of nitrogens with two attached hydrogens (primary N) is 1. The van der Waals surface area contributed by atoms with Crippen LogP contribution in [0, 0.1) is 12.8 Å². The molecule has 32 heavy (non-hydrogen) atoms. The van der Waals surface area contributed by atoms with Crippen molar-refractivity contribution in [3.05, 3.63) is 35.2 Å². The van der Waals surface area contributed by atoms with Crippen molar-refractivity contribution >= 4 is 17.7 Å². The number of nitrogens with zero attached hydrogens (tertiary/aromatic N) is 4. The zero-order valence-electron chi connectivity index (χ0n) is 19.4. The average molecular weight is 458 g/mol. The van der Waals surface area contributed by atoms with E-state index in [4.69, 9.17) is 10.6 Å². The van der Waals surface area contributed by atoms with Crippen LogP contribution in [0.4, 0.5) is 0 Å². The van der Waals surface area contributed by atoms with Gasteiger partial charge in [-0.2, -0.15) is 0 Å². The van der Waals surface area contributed by atoms with Gasteiger partial charge in [0.1, 0.15) is 12.4 Å². The van der Waals surface area contributed by atoms with E-state index in [1.807, 2.05) is 13.0 Å². The smallest absolute Gasteiger partial charge is 0.233 e. The van der Waals surface area contributed by atoms with Gasteiger partial charge in [-0.05, 0) is 61.6 Å². The number of carbonyl (C=O) groups excluding carboxylic acids is 1. The molecule has 2 fully saturated rings. The highest BCUT2D eigenvalue weighted by Crippen LogP contribution is 2.35. The Balaban J connectivity index is 1.35. The fourth-order valence-electron chi connectivity index (χ4n) is 5.03. The van der Waals surface area contributed by atoms with Crippen LogP contribution >= 0.6 is 11.8 Å². The maximum atomic E-state index is 13.0. The molecule has 2 unspecified atom stereocenters. The highest BCUT2D eigenvalue weighted by atomic mass is 32.2. The third-order valence-corrected chi connectivity index (χ3v) is 7.70. The molecule has 2 aliphatic rings. The predicted molar refractivity (Wildman–Crippen MR) is 127 cm³/mol. The summed E-state index contributed by atoms with van der Waals surface area (Å²) >= 11 is 1.36. The van der Waals surface area contributed by atoms with E-state index in [9.17, 15) is 4.79 Å². The van der Waals surface area contributed by atoms with Crippen molar-refractivity contribution in [1.82, 2.24) is 19.8 Å². The summed E-state index contributed by atoms with van der Waals surface area (Å²) in [4.78, 5) is 15.1. The second-order valence-corrected chi connectivity index (χ2v) is 10.3. The number of aromatic nitrogens is 3. The number of piperidine rings is 1. The molecule has 7 nitrogen and oxygen atoms in total. The molecule has 0 radical (unpaired) electrons. The maximum absolute atomic E-state index is 13.0. The van der Waals surface area contributed by atoms with Gasteiger partial charge in [0.2, 0.25) is 11.1 Å². The molecule has 174 valence electrons. The van der Waals surface area contributed by atoms with Crippen molar-refractivity contribution < 1.29 is 9.53 Å². The van der Waals surface area contributed by atoms with Crippen molar-refractivity contribution in [3.63, 3.8) is 0 Å². The Labute approximate surface area is 195 Å². The van der Waals surface area contributed by atoms with E-state index >= 15 is 0 Å². The van der Waals surface area contributed by atoms with Gasteiger partial charge in [0.25, 0.3) is 0 Å². The van der Waals surface area contributed by atoms with Gasteiger partial charge in [0, 0.05) is 12.6 Å². The van der Waals surface area contributed by atoms with E-state index in [2.05, 4.69) is 41.1 Å². The molecule has 1 aliphatic heterocycles. The number of fused-ring (bicyclic) bond motifs is 1. The molecule has 0 bridgehead atoms. The summed E-state index contributed by atoms with van der Waals surface area (Å²) in [5, 5.41) is 8.95. The van der Waals surface area contributed by atoms with Crippen molar-refractivity contribution in [1.29, 1.82) is 0 Å². The summed E-state index contributed by atoms with van der Waals surface area (Å²) in [7, 11) is 0. The van der Waals surface area contributed by atoms with Crippen LogP contribution in [-0.2, 0) is 11.4 Å². The third-order valence-electron chi connectivity index (χ3n) is 6.77. The van der Waals surface area contributed by atoms with Crippen LogP contribution in [0.25, 0.3) is 0 Å². The molecule has 1 aromatic heterocycles. The number of benzene rings is 1. The normalized spacial score (nSPS) is 20.9. The lowest BCUT2D eigenvalue weighted by Gasteiger charge is -2.44. The molecule has 2 aromatic rings. The fraction of sp³-hybridized carbons (Fsp3) is 0.625. The molecule has 1 aromatic carbocycles. The summed E-state index contributed by atoms with van der Waals surface area (Å²) in [5.74, 6) is 9.20. The van der Waals surface area contributed by atoms with Gasteiger partial charge < -0.3 is 15.5 Å². The molecule has 1 aliphatic carbocycles. The third kappa shape index (κ3) is 5.05. The number of hydrogen-bond donors (Lipinski definition) is 1. The van der Waals surface area contributed by atoms with Crippen molar-refractivity contribution in [3.8, 4) is 5.75 Å². The Kier molecular flexibility index (Phi) is 7.28. The van der Waals surface area contributed by atoms with Crippen LogP contribution < -0.4 is 10.6 Å². The number of amides is 1. The van der Waals surface area contributed by atoms with E-state index in [1.54, 1.807) is 0 Å². The van der Waals surface area contributed by atoms with E-state index in [-0.39, 0.29) is 12.5 Å². The molecular formula is C24H35N5O2S. The molecule has 0 spiro atoms. The molecule has 2 heterocycles. The molecule has 2 atom stereocenters. The van der Waals surface area contributed by atoms with Gasteiger partial charge >= 0.3 is 0 Å². The van der Waals surface area contributed by atoms with Crippen LogP contribution in [0.2, 0.25) is 0 Å². The van der Waals surface area contributed by atoms with Crippen LogP contribution in [0.1, 0.15) is 75.2 Å². The van der Waals surface area contributed by atoms with Crippen molar-refractivity contribution in [2.75, 3.05) is 18.1 Å². The topological polar surface area (TPSA) is 86.3 Å². The quantitative estimate of drug-likeness (QED) is 0.493. The minimum absolute atomic E-state index is 0.189. The Morgan fingerprint density at radius 2 is 2.00 bits per heavy atom. The largest absolute Gasteiger partial charge is 0.485 e. The summed E-state index contributed by atoms with van der Waals surface area (Å²) < 4.78 is 7.50. The first-order valence-electron chi connectivity index (χ1n) is 11.8. The van der Waals surface area contributed by atoms with Crippen LogP contribution in [-0.4, -0.2) is 44.0 Å². The lowest BCUT2D eigenvalue weighted by molar-refractivity contribution is -0.134. The fourth-order valence-corrected chi connectivity index (χ4v) is 5.79. The number of rotatable bonds is 7. The summed E-state index contributed by atoms with van der Waals surface area (Å²) in [5.41, 5.74) is 2.30. The Morgan fingerprint density at radius 3 is 2.81 bits per heavy atom.